The fourth-order valence-corrected chi connectivity index (χ4v) is 2.28. The number of ether oxygens (including phenoxy) is 2. The molecule has 0 atom stereocenters. The molecule has 2 aromatic carbocycles. The van der Waals surface area contributed by atoms with E-state index >= 15 is 0 Å². The lowest BCUT2D eigenvalue weighted by atomic mass is 10.2. The van der Waals surface area contributed by atoms with Crippen molar-refractivity contribution in [2.24, 2.45) is 0 Å². The highest BCUT2D eigenvalue weighted by Gasteiger charge is 2.17. The lowest BCUT2D eigenvalue weighted by Gasteiger charge is -2.18. The third-order valence-corrected chi connectivity index (χ3v) is 3.66. The Kier molecular flexibility index (Phi) is 6.64. The van der Waals surface area contributed by atoms with Gasteiger partial charge in [0.15, 0.2) is 12.4 Å². The Morgan fingerprint density at radius 1 is 1.22 bits per heavy atom. The first-order chi connectivity index (χ1) is 12.8. The minimum atomic E-state index is -2.90. The van der Waals surface area contributed by atoms with Gasteiger partial charge in [0.25, 0.3) is 5.91 Å². The standard InChI is InChI=1S/C18H18F2N2O5/c1-12-3-8-15(22(24)25)16(9-12)26-11-17(23)21(2)10-13-4-6-14(7-5-13)27-18(19)20/h3-9,18H,10-11H2,1-2H3. The average Bonchev–Trinajstić information content (AvgIpc) is 2.60. The topological polar surface area (TPSA) is 81.9 Å². The number of likely N-dealkylation sites (N-methyl/N-ethyl adjacent to an activating group) is 1. The normalized spacial score (nSPS) is 10.6. The fourth-order valence-electron chi connectivity index (χ4n) is 2.28. The van der Waals surface area contributed by atoms with E-state index in [0.717, 1.165) is 5.56 Å². The number of alkyl halides is 2. The monoisotopic (exact) mass is 380 g/mol. The third-order valence-electron chi connectivity index (χ3n) is 3.66. The summed E-state index contributed by atoms with van der Waals surface area (Å²) in [7, 11) is 1.54. The van der Waals surface area contributed by atoms with Crippen LogP contribution in [0.1, 0.15) is 11.1 Å². The molecule has 27 heavy (non-hydrogen) atoms. The predicted molar refractivity (Wildman–Crippen MR) is 92.9 cm³/mol. The fraction of sp³-hybridized carbons (Fsp3) is 0.278. The number of rotatable bonds is 8. The summed E-state index contributed by atoms with van der Waals surface area (Å²) in [6.45, 7) is -1.30. The number of hydrogen-bond acceptors (Lipinski definition) is 5. The minimum Gasteiger partial charge on any atom is -0.477 e. The van der Waals surface area contributed by atoms with E-state index in [-0.39, 0.29) is 30.3 Å². The second-order valence-corrected chi connectivity index (χ2v) is 5.79. The Labute approximate surface area is 154 Å². The van der Waals surface area contributed by atoms with Crippen LogP contribution in [0.2, 0.25) is 0 Å². The van der Waals surface area contributed by atoms with E-state index in [2.05, 4.69) is 4.74 Å². The first kappa shape index (κ1) is 20.1. The first-order valence-corrected chi connectivity index (χ1v) is 7.92. The number of amides is 1. The highest BCUT2D eigenvalue weighted by molar-refractivity contribution is 5.77. The number of nitrogens with zero attached hydrogens (tertiary/aromatic N) is 2. The van der Waals surface area contributed by atoms with Gasteiger partial charge in [-0.05, 0) is 36.2 Å². The lowest BCUT2D eigenvalue weighted by molar-refractivity contribution is -0.385. The van der Waals surface area contributed by atoms with Crippen molar-refractivity contribution < 1.29 is 28.0 Å². The zero-order valence-electron chi connectivity index (χ0n) is 14.7. The summed E-state index contributed by atoms with van der Waals surface area (Å²) in [5.41, 5.74) is 1.25. The van der Waals surface area contributed by atoms with Crippen LogP contribution in [0, 0.1) is 17.0 Å². The van der Waals surface area contributed by atoms with Crippen molar-refractivity contribution in [3.05, 3.63) is 63.7 Å². The van der Waals surface area contributed by atoms with Gasteiger partial charge < -0.3 is 14.4 Å². The maximum absolute atomic E-state index is 12.2. The maximum atomic E-state index is 12.2. The van der Waals surface area contributed by atoms with Gasteiger partial charge in [-0.2, -0.15) is 8.78 Å². The molecule has 144 valence electrons. The van der Waals surface area contributed by atoms with Crippen LogP contribution in [0.3, 0.4) is 0 Å². The van der Waals surface area contributed by atoms with E-state index in [9.17, 15) is 23.7 Å². The van der Waals surface area contributed by atoms with Gasteiger partial charge in [-0.3, -0.25) is 14.9 Å². The maximum Gasteiger partial charge on any atom is 0.387 e. The Morgan fingerprint density at radius 2 is 1.89 bits per heavy atom. The molecule has 2 rings (SSSR count). The Hall–Kier alpha value is -3.23. The molecule has 0 aliphatic heterocycles. The number of halogens is 2. The minimum absolute atomic E-state index is 0.0234. The molecule has 0 aromatic heterocycles. The summed E-state index contributed by atoms with van der Waals surface area (Å²) in [5, 5.41) is 11.0. The summed E-state index contributed by atoms with van der Waals surface area (Å²) < 4.78 is 33.9. The molecule has 0 saturated heterocycles. The quantitative estimate of drug-likeness (QED) is 0.517. The van der Waals surface area contributed by atoms with Crippen LogP contribution in [0.15, 0.2) is 42.5 Å². The van der Waals surface area contributed by atoms with Crippen molar-refractivity contribution in [1.29, 1.82) is 0 Å². The largest absolute Gasteiger partial charge is 0.477 e. The van der Waals surface area contributed by atoms with Crippen LogP contribution in [-0.4, -0.2) is 36.0 Å². The highest BCUT2D eigenvalue weighted by Crippen LogP contribution is 2.27. The summed E-state index contributed by atoms with van der Waals surface area (Å²) in [5.74, 6) is -0.341. The van der Waals surface area contributed by atoms with Crippen LogP contribution in [0.5, 0.6) is 11.5 Å². The van der Waals surface area contributed by atoms with Gasteiger partial charge >= 0.3 is 12.3 Å². The SMILES string of the molecule is Cc1ccc([N+](=O)[O-])c(OCC(=O)N(C)Cc2ccc(OC(F)F)cc2)c1. The van der Waals surface area contributed by atoms with Crippen LogP contribution in [0.25, 0.3) is 0 Å². The molecule has 0 bridgehead atoms. The summed E-state index contributed by atoms with van der Waals surface area (Å²) in [6.07, 6.45) is 0. The van der Waals surface area contributed by atoms with Gasteiger partial charge in [-0.1, -0.05) is 18.2 Å². The Bertz CT molecular complexity index is 812. The molecule has 0 radical (unpaired) electrons. The molecule has 0 spiro atoms. The van der Waals surface area contributed by atoms with Crippen molar-refractivity contribution in [2.45, 2.75) is 20.1 Å². The molecule has 1 amide bonds. The number of aryl methyl sites for hydroxylation is 1. The molecule has 0 aliphatic rings. The molecule has 0 unspecified atom stereocenters. The molecule has 7 nitrogen and oxygen atoms in total. The molecule has 0 saturated carbocycles. The van der Waals surface area contributed by atoms with Crippen molar-refractivity contribution in [2.75, 3.05) is 13.7 Å². The second kappa shape index (κ2) is 8.93. The smallest absolute Gasteiger partial charge is 0.387 e. The van der Waals surface area contributed by atoms with Gasteiger partial charge in [0, 0.05) is 19.7 Å². The molecule has 0 N–H and O–H groups in total. The molecule has 0 fully saturated rings. The third kappa shape index (κ3) is 5.91. The van der Waals surface area contributed by atoms with E-state index < -0.39 is 17.4 Å². The van der Waals surface area contributed by atoms with Crippen molar-refractivity contribution in [3.8, 4) is 11.5 Å². The van der Waals surface area contributed by atoms with Crippen LogP contribution in [-0.2, 0) is 11.3 Å². The molecule has 0 heterocycles. The van der Waals surface area contributed by atoms with Gasteiger partial charge in [-0.15, -0.1) is 0 Å². The first-order valence-electron chi connectivity index (χ1n) is 7.92. The van der Waals surface area contributed by atoms with E-state index in [4.69, 9.17) is 4.74 Å². The number of carbonyl (C=O) groups is 1. The van der Waals surface area contributed by atoms with Crippen molar-refractivity contribution in [3.63, 3.8) is 0 Å². The van der Waals surface area contributed by atoms with Crippen LogP contribution >= 0.6 is 0 Å². The van der Waals surface area contributed by atoms with E-state index in [1.165, 1.54) is 29.2 Å². The summed E-state index contributed by atoms with van der Waals surface area (Å²) >= 11 is 0. The lowest BCUT2D eigenvalue weighted by Crippen LogP contribution is -2.31. The van der Waals surface area contributed by atoms with Gasteiger partial charge in [-0.25, -0.2) is 0 Å². The molecule has 2 aromatic rings. The Balaban J connectivity index is 1.94. The molecular formula is C18H18F2N2O5. The summed E-state index contributed by atoms with van der Waals surface area (Å²) in [4.78, 5) is 24.0. The Morgan fingerprint density at radius 3 is 2.48 bits per heavy atom. The van der Waals surface area contributed by atoms with Crippen molar-refractivity contribution >= 4 is 11.6 Å². The zero-order chi connectivity index (χ0) is 20.0. The van der Waals surface area contributed by atoms with E-state index in [0.29, 0.717) is 5.56 Å². The van der Waals surface area contributed by atoms with Crippen LogP contribution in [0.4, 0.5) is 14.5 Å². The second-order valence-electron chi connectivity index (χ2n) is 5.79. The van der Waals surface area contributed by atoms with Gasteiger partial charge in [0.05, 0.1) is 4.92 Å². The summed E-state index contributed by atoms with van der Waals surface area (Å²) in [6, 6.07) is 10.3. The average molecular weight is 380 g/mol. The molecule has 9 heteroatoms. The number of nitro groups is 1. The van der Waals surface area contributed by atoms with Gasteiger partial charge in [0.1, 0.15) is 5.75 Å². The van der Waals surface area contributed by atoms with E-state index in [1.807, 2.05) is 0 Å². The van der Waals surface area contributed by atoms with Gasteiger partial charge in [0.2, 0.25) is 0 Å². The number of benzene rings is 2. The van der Waals surface area contributed by atoms with Crippen LogP contribution < -0.4 is 9.47 Å². The molecular weight excluding hydrogens is 362 g/mol. The molecule has 0 aliphatic carbocycles. The zero-order valence-corrected chi connectivity index (χ0v) is 14.7. The van der Waals surface area contributed by atoms with E-state index in [1.54, 1.807) is 32.2 Å². The predicted octanol–water partition coefficient (Wildman–Crippen LogP) is 3.54. The van der Waals surface area contributed by atoms with Crippen molar-refractivity contribution in [1.82, 2.24) is 4.90 Å². The number of nitro benzene ring substituents is 1. The number of carbonyl (C=O) groups excluding carboxylic acids is 1. The highest BCUT2D eigenvalue weighted by atomic mass is 19.3. The number of hydrogen-bond donors (Lipinski definition) is 0.